The Hall–Kier alpha value is -0.991. The zero-order valence-corrected chi connectivity index (χ0v) is 32.0. The minimum absolute atomic E-state index is 0.149. The van der Waals surface area contributed by atoms with Crippen LogP contribution in [0.5, 0.6) is 0 Å². The Morgan fingerprint density at radius 2 is 0.767 bits per heavy atom. The van der Waals surface area contributed by atoms with Crippen LogP contribution in [0.25, 0.3) is 0 Å². The molecule has 0 saturated heterocycles. The third-order valence-electron chi connectivity index (χ3n) is 6.67. The largest absolute Gasteiger partial charge is 0.450 e. The molecule has 0 aromatic rings. The second-order valence-corrected chi connectivity index (χ2v) is 15.4. The number of hydrogen-bond acceptors (Lipinski definition) is 6. The first-order valence-electron chi connectivity index (χ1n) is 17.8. The Kier molecular flexibility index (Phi) is 54.5. The maximum absolute atomic E-state index is 10.1. The summed E-state index contributed by atoms with van der Waals surface area (Å²) in [5.74, 6) is -1.82. The molecular weight excluding hydrogens is 649 g/mol. The molecule has 0 unspecified atom stereocenters. The van der Waals surface area contributed by atoms with Crippen LogP contribution in [0.4, 0.5) is 4.79 Å². The maximum atomic E-state index is 10.1. The van der Waals surface area contributed by atoms with Crippen molar-refractivity contribution in [1.29, 1.82) is 0 Å². The molecular formula is C35H71NO6Sn. The number of amides is 1. The zero-order valence-electron chi connectivity index (χ0n) is 29.1. The van der Waals surface area contributed by atoms with Gasteiger partial charge in [-0.3, -0.25) is 0 Å². The number of carboxylic acids is 2. The van der Waals surface area contributed by atoms with E-state index in [1.165, 1.54) is 116 Å². The second-order valence-electron chi connectivity index (χ2n) is 11.1. The van der Waals surface area contributed by atoms with Gasteiger partial charge in [-0.1, -0.05) is 117 Å². The molecule has 0 aliphatic rings. The Morgan fingerprint density at radius 3 is 0.977 bits per heavy atom. The van der Waals surface area contributed by atoms with Crippen LogP contribution in [0.1, 0.15) is 189 Å². The summed E-state index contributed by atoms with van der Waals surface area (Å²) in [5.41, 5.74) is 4.54. The van der Waals surface area contributed by atoms with Crippen LogP contribution in [0.3, 0.4) is 0 Å². The van der Waals surface area contributed by atoms with Crippen molar-refractivity contribution >= 4 is 39.2 Å². The molecule has 0 aliphatic carbocycles. The second kappa shape index (κ2) is 47.9. The fourth-order valence-electron chi connectivity index (χ4n) is 4.03. The number of carbonyl (C=O) groups is 3. The van der Waals surface area contributed by atoms with Crippen LogP contribution >= 0.6 is 0 Å². The first-order chi connectivity index (χ1) is 20.7. The fourth-order valence-corrected chi connectivity index (χ4v) is 8.19. The zero-order chi connectivity index (χ0) is 33.2. The molecule has 256 valence electrons. The Labute approximate surface area is 277 Å². The van der Waals surface area contributed by atoms with Crippen LogP contribution in [0, 0.1) is 0 Å². The first-order valence-corrected chi connectivity index (χ1v) is 21.8. The number of nitrogens with two attached hydrogens (primary N) is 1. The number of rotatable bonds is 27. The molecule has 1 amide bonds. The number of hydrogen-bond donors (Lipinski definition) is 1. The molecule has 0 atom stereocenters. The van der Waals surface area contributed by atoms with E-state index in [-0.39, 0.29) is 34.0 Å². The van der Waals surface area contributed by atoms with E-state index in [4.69, 9.17) is 0 Å². The Morgan fingerprint density at radius 1 is 0.488 bits per heavy atom. The molecule has 0 rings (SSSR count). The van der Waals surface area contributed by atoms with Gasteiger partial charge in [0, 0.05) is 11.9 Å². The summed E-state index contributed by atoms with van der Waals surface area (Å²) in [7, 11) is 0. The van der Waals surface area contributed by atoms with E-state index < -0.39 is 18.0 Å². The third-order valence-corrected chi connectivity index (χ3v) is 10.7. The molecule has 43 heavy (non-hydrogen) atoms. The van der Waals surface area contributed by atoms with Crippen LogP contribution in [-0.2, 0) is 14.3 Å². The van der Waals surface area contributed by atoms with E-state index in [1.807, 2.05) is 0 Å². The standard InChI is InChI=1S/2C12H24O2.2C4H9.C3H7NO2.Sn/c2*1-2-3-4-5-6-7-8-9-10-11-12(13)14;2*1-3-4-2;1-2-6-3(4)5;/h2*2-11H2,1H3,(H,13,14);2*1,3-4H2,2H3;2H2,1H3,(H2,4,5);/q;;;;;+2/p-2. The summed E-state index contributed by atoms with van der Waals surface area (Å²) in [5, 5.41) is 20.2. The van der Waals surface area contributed by atoms with Crippen LogP contribution in [-0.4, -0.2) is 45.8 Å². The van der Waals surface area contributed by atoms with Crippen molar-refractivity contribution in [3.63, 3.8) is 0 Å². The van der Waals surface area contributed by atoms with E-state index in [9.17, 15) is 24.6 Å². The average molecular weight is 721 g/mol. The van der Waals surface area contributed by atoms with Crippen molar-refractivity contribution in [3.05, 3.63) is 0 Å². The molecule has 0 radical (unpaired) electrons. The number of unbranched alkanes of at least 4 members (excludes halogenated alkanes) is 18. The molecule has 0 aliphatic heterocycles. The molecule has 8 heteroatoms. The number of carboxylic acid groups (broad SMARTS) is 2. The number of carbonyl (C=O) groups excluding carboxylic acids is 3. The normalized spacial score (nSPS) is 9.70. The first kappa shape index (κ1) is 48.9. The molecule has 0 aromatic carbocycles. The van der Waals surface area contributed by atoms with Gasteiger partial charge in [-0.05, 0) is 32.6 Å². The summed E-state index contributed by atoms with van der Waals surface area (Å²) < 4.78 is 7.43. The van der Waals surface area contributed by atoms with Crippen molar-refractivity contribution in [2.24, 2.45) is 5.73 Å². The van der Waals surface area contributed by atoms with Crippen LogP contribution in [0.15, 0.2) is 0 Å². The van der Waals surface area contributed by atoms with Crippen LogP contribution < -0.4 is 15.9 Å². The van der Waals surface area contributed by atoms with E-state index in [2.05, 4.69) is 38.2 Å². The van der Waals surface area contributed by atoms with Gasteiger partial charge in [0.1, 0.15) is 0 Å². The molecule has 2 N–H and O–H groups in total. The Bertz CT molecular complexity index is 510. The van der Waals surface area contributed by atoms with Crippen molar-refractivity contribution < 1.29 is 29.3 Å². The van der Waals surface area contributed by atoms with Gasteiger partial charge in [0.05, 0.1) is 6.61 Å². The molecule has 0 bridgehead atoms. The van der Waals surface area contributed by atoms with Gasteiger partial charge in [-0.15, -0.1) is 0 Å². The molecule has 0 fully saturated rings. The number of aliphatic carboxylic acids is 2. The molecule has 0 aromatic heterocycles. The maximum Gasteiger partial charge on any atom is 0.404 e. The molecule has 0 heterocycles. The topological polar surface area (TPSA) is 133 Å². The van der Waals surface area contributed by atoms with Gasteiger partial charge in [-0.25, -0.2) is 4.79 Å². The monoisotopic (exact) mass is 721 g/mol. The number of primary amides is 1. The van der Waals surface area contributed by atoms with E-state index in [0.29, 0.717) is 6.61 Å². The summed E-state index contributed by atoms with van der Waals surface area (Å²) in [6.07, 6.45) is 27.5. The molecule has 0 spiro atoms. The summed E-state index contributed by atoms with van der Waals surface area (Å²) in [6, 6.07) is 0. The van der Waals surface area contributed by atoms with Crippen molar-refractivity contribution in [2.75, 3.05) is 6.61 Å². The van der Waals surface area contributed by atoms with Gasteiger partial charge in [0.25, 0.3) is 0 Å². The van der Waals surface area contributed by atoms with Gasteiger partial charge in [0.15, 0.2) is 0 Å². The van der Waals surface area contributed by atoms with Crippen molar-refractivity contribution in [1.82, 2.24) is 0 Å². The fraction of sp³-hybridized carbons (Fsp3) is 0.914. The quantitative estimate of drug-likeness (QED) is 0.0668. The minimum atomic E-state index is -0.909. The Balaban J connectivity index is -0.000000247. The smallest absolute Gasteiger partial charge is 0.404 e. The van der Waals surface area contributed by atoms with Crippen molar-refractivity contribution in [3.8, 4) is 0 Å². The van der Waals surface area contributed by atoms with Gasteiger partial charge >= 0.3 is 75.6 Å². The van der Waals surface area contributed by atoms with E-state index >= 15 is 0 Å². The SMILES string of the molecule is CCCCCCCCCCCC(=O)[O-].CCCCCCCCCCCC(=O)[O-].CCC[CH2][Sn+2][CH2]CCC.CCOC(N)=O. The van der Waals surface area contributed by atoms with E-state index in [0.717, 1.165) is 25.7 Å². The van der Waals surface area contributed by atoms with Gasteiger partial charge < -0.3 is 30.3 Å². The molecule has 0 saturated carbocycles. The average Bonchev–Trinajstić information content (AvgIpc) is 2.96. The van der Waals surface area contributed by atoms with Gasteiger partial charge in [-0.2, -0.15) is 0 Å². The van der Waals surface area contributed by atoms with Crippen molar-refractivity contribution in [2.45, 2.75) is 198 Å². The summed E-state index contributed by atoms with van der Waals surface area (Å²) >= 11 is 0.149. The number of ether oxygens (including phenoxy) is 1. The molecule has 7 nitrogen and oxygen atoms in total. The third kappa shape index (κ3) is 69.3. The van der Waals surface area contributed by atoms with Crippen LogP contribution in [0.2, 0.25) is 8.87 Å². The predicted octanol–water partition coefficient (Wildman–Crippen LogP) is 8.54. The summed E-state index contributed by atoms with van der Waals surface area (Å²) in [6.45, 7) is 11.1. The minimum Gasteiger partial charge on any atom is -0.450 e. The summed E-state index contributed by atoms with van der Waals surface area (Å²) in [4.78, 5) is 29.8. The predicted molar refractivity (Wildman–Crippen MR) is 180 cm³/mol. The van der Waals surface area contributed by atoms with Gasteiger partial charge in [0.2, 0.25) is 0 Å². The van der Waals surface area contributed by atoms with E-state index in [1.54, 1.807) is 15.8 Å².